The molecule has 1 unspecified atom stereocenters. The van der Waals surface area contributed by atoms with Gasteiger partial charge in [0.15, 0.2) is 0 Å². The highest BCUT2D eigenvalue weighted by molar-refractivity contribution is 9.10. The smallest absolute Gasteiger partial charge is 0.270 e. The quantitative estimate of drug-likeness (QED) is 0.638. The molecule has 5 nitrogen and oxygen atoms in total. The summed E-state index contributed by atoms with van der Waals surface area (Å²) in [6, 6.07) is 6.96. The zero-order valence-corrected chi connectivity index (χ0v) is 13.7. The molecule has 1 aromatic carbocycles. The Kier molecular flexibility index (Phi) is 4.80. The van der Waals surface area contributed by atoms with Crippen molar-refractivity contribution in [1.82, 2.24) is 5.32 Å². The van der Waals surface area contributed by atoms with E-state index < -0.39 is 4.92 Å². The van der Waals surface area contributed by atoms with Crippen molar-refractivity contribution in [1.29, 1.82) is 0 Å². The van der Waals surface area contributed by atoms with Gasteiger partial charge in [0.1, 0.15) is 11.5 Å². The van der Waals surface area contributed by atoms with E-state index in [-0.39, 0.29) is 11.7 Å². The normalized spacial score (nSPS) is 12.4. The molecule has 2 rings (SSSR count). The van der Waals surface area contributed by atoms with Crippen molar-refractivity contribution in [3.05, 3.63) is 61.5 Å². The van der Waals surface area contributed by atoms with Gasteiger partial charge in [-0.2, -0.15) is 0 Å². The van der Waals surface area contributed by atoms with E-state index in [1.165, 1.54) is 12.1 Å². The number of halogens is 1. The summed E-state index contributed by atoms with van der Waals surface area (Å²) < 4.78 is 6.26. The Morgan fingerprint density at radius 2 is 2.10 bits per heavy atom. The molecule has 2 aromatic rings. The molecular weight excluding hydrogens is 336 g/mol. The molecule has 0 radical (unpaired) electrons. The standard InChI is InChI=1S/C15H17BrN2O3/c1-9-6-14(11(3)21-9)10(2)17-8-12-4-5-13(18(19)20)7-15(12)16/h4-7,10,17H,8H2,1-3H3. The molecular formula is C15H17BrN2O3. The van der Waals surface area contributed by atoms with Gasteiger partial charge in [-0.25, -0.2) is 0 Å². The Hall–Kier alpha value is -1.66. The fourth-order valence-corrected chi connectivity index (χ4v) is 2.75. The molecule has 1 atom stereocenters. The number of non-ortho nitro benzene ring substituents is 1. The van der Waals surface area contributed by atoms with Crippen LogP contribution in [-0.4, -0.2) is 4.92 Å². The van der Waals surface area contributed by atoms with E-state index in [1.54, 1.807) is 6.07 Å². The predicted octanol–water partition coefficient (Wildman–Crippen LogP) is 4.42. The van der Waals surface area contributed by atoms with Gasteiger partial charge in [-0.1, -0.05) is 15.9 Å². The largest absolute Gasteiger partial charge is 0.466 e. The Morgan fingerprint density at radius 1 is 1.38 bits per heavy atom. The Morgan fingerprint density at radius 3 is 2.62 bits per heavy atom. The molecule has 21 heavy (non-hydrogen) atoms. The van der Waals surface area contributed by atoms with E-state index in [4.69, 9.17) is 4.42 Å². The van der Waals surface area contributed by atoms with E-state index >= 15 is 0 Å². The van der Waals surface area contributed by atoms with E-state index in [1.807, 2.05) is 19.9 Å². The third kappa shape index (κ3) is 3.71. The number of nitrogens with one attached hydrogen (secondary N) is 1. The van der Waals surface area contributed by atoms with Gasteiger partial charge in [-0.15, -0.1) is 0 Å². The van der Waals surface area contributed by atoms with E-state index in [9.17, 15) is 10.1 Å². The number of nitrogens with zero attached hydrogens (tertiary/aromatic N) is 1. The van der Waals surface area contributed by atoms with E-state index in [0.29, 0.717) is 6.54 Å². The number of benzene rings is 1. The van der Waals surface area contributed by atoms with Crippen molar-refractivity contribution in [3.8, 4) is 0 Å². The monoisotopic (exact) mass is 352 g/mol. The van der Waals surface area contributed by atoms with Crippen molar-refractivity contribution in [2.24, 2.45) is 0 Å². The van der Waals surface area contributed by atoms with E-state index in [0.717, 1.165) is 27.1 Å². The van der Waals surface area contributed by atoms with Gasteiger partial charge in [-0.05, 0) is 38.5 Å². The number of hydrogen-bond donors (Lipinski definition) is 1. The van der Waals surface area contributed by atoms with Crippen LogP contribution in [0.1, 0.15) is 35.6 Å². The lowest BCUT2D eigenvalue weighted by Gasteiger charge is -2.14. The van der Waals surface area contributed by atoms with E-state index in [2.05, 4.69) is 28.2 Å². The molecule has 1 aromatic heterocycles. The van der Waals surface area contributed by atoms with Crippen molar-refractivity contribution in [2.45, 2.75) is 33.4 Å². The number of aryl methyl sites for hydroxylation is 2. The summed E-state index contributed by atoms with van der Waals surface area (Å²) in [7, 11) is 0. The minimum Gasteiger partial charge on any atom is -0.466 e. The number of furan rings is 1. The van der Waals surface area contributed by atoms with Crippen LogP contribution in [0.5, 0.6) is 0 Å². The number of nitro groups is 1. The fourth-order valence-electron chi connectivity index (χ4n) is 2.25. The number of nitro benzene ring substituents is 1. The van der Waals surface area contributed by atoms with Crippen LogP contribution >= 0.6 is 15.9 Å². The average Bonchev–Trinajstić information content (AvgIpc) is 2.75. The summed E-state index contributed by atoms with van der Waals surface area (Å²) in [5.41, 5.74) is 2.19. The van der Waals surface area contributed by atoms with Crippen molar-refractivity contribution >= 4 is 21.6 Å². The summed E-state index contributed by atoms with van der Waals surface area (Å²) in [5.74, 6) is 1.81. The Bertz CT molecular complexity index is 667. The second-order valence-electron chi connectivity index (χ2n) is 5.00. The van der Waals surface area contributed by atoms with Crippen LogP contribution in [0.15, 0.2) is 33.2 Å². The zero-order valence-electron chi connectivity index (χ0n) is 12.1. The molecule has 0 aliphatic heterocycles. The van der Waals surface area contributed by atoms with Crippen LogP contribution < -0.4 is 5.32 Å². The van der Waals surface area contributed by atoms with Crippen molar-refractivity contribution in [2.75, 3.05) is 0 Å². The van der Waals surface area contributed by atoms with Gasteiger partial charge in [-0.3, -0.25) is 10.1 Å². The van der Waals surface area contributed by atoms with Crippen LogP contribution in [-0.2, 0) is 6.54 Å². The molecule has 1 heterocycles. The minimum atomic E-state index is -0.401. The Balaban J connectivity index is 2.06. The molecule has 0 spiro atoms. The van der Waals surface area contributed by atoms with Gasteiger partial charge < -0.3 is 9.73 Å². The topological polar surface area (TPSA) is 68.3 Å². The summed E-state index contributed by atoms with van der Waals surface area (Å²) in [6.07, 6.45) is 0. The molecule has 0 fully saturated rings. The summed E-state index contributed by atoms with van der Waals surface area (Å²) in [6.45, 7) is 6.55. The highest BCUT2D eigenvalue weighted by Crippen LogP contribution is 2.25. The Labute approximate surface area is 131 Å². The average molecular weight is 353 g/mol. The van der Waals surface area contributed by atoms with Crippen LogP contribution in [0.4, 0.5) is 5.69 Å². The SMILES string of the molecule is Cc1cc(C(C)NCc2ccc([N+](=O)[O-])cc2Br)c(C)o1. The molecule has 0 aliphatic rings. The highest BCUT2D eigenvalue weighted by atomic mass is 79.9. The summed E-state index contributed by atoms with van der Waals surface area (Å²) >= 11 is 3.38. The first kappa shape index (κ1) is 15.7. The molecule has 6 heteroatoms. The predicted molar refractivity (Wildman–Crippen MR) is 84.2 cm³/mol. The second kappa shape index (κ2) is 6.41. The van der Waals surface area contributed by atoms with Crippen molar-refractivity contribution < 1.29 is 9.34 Å². The number of rotatable bonds is 5. The van der Waals surface area contributed by atoms with Gasteiger partial charge in [0.25, 0.3) is 5.69 Å². The summed E-state index contributed by atoms with van der Waals surface area (Å²) in [4.78, 5) is 10.3. The fraction of sp³-hybridized carbons (Fsp3) is 0.333. The first-order valence-corrected chi connectivity index (χ1v) is 7.41. The number of hydrogen-bond acceptors (Lipinski definition) is 4. The maximum atomic E-state index is 10.7. The first-order chi connectivity index (χ1) is 9.88. The van der Waals surface area contributed by atoms with Crippen LogP contribution in [0.25, 0.3) is 0 Å². The molecule has 0 amide bonds. The van der Waals surface area contributed by atoms with Crippen LogP contribution in [0.3, 0.4) is 0 Å². The third-order valence-corrected chi connectivity index (χ3v) is 4.13. The lowest BCUT2D eigenvalue weighted by atomic mass is 10.1. The molecule has 0 saturated carbocycles. The highest BCUT2D eigenvalue weighted by Gasteiger charge is 2.14. The van der Waals surface area contributed by atoms with Gasteiger partial charge in [0, 0.05) is 34.8 Å². The summed E-state index contributed by atoms with van der Waals surface area (Å²) in [5, 5.41) is 14.1. The molecule has 0 saturated heterocycles. The lowest BCUT2D eigenvalue weighted by Crippen LogP contribution is -2.18. The molecule has 0 aliphatic carbocycles. The molecule has 0 bridgehead atoms. The van der Waals surface area contributed by atoms with Crippen molar-refractivity contribution in [3.63, 3.8) is 0 Å². The van der Waals surface area contributed by atoms with Gasteiger partial charge in [0.05, 0.1) is 4.92 Å². The maximum absolute atomic E-state index is 10.7. The lowest BCUT2D eigenvalue weighted by molar-refractivity contribution is -0.384. The third-order valence-electron chi connectivity index (χ3n) is 3.39. The van der Waals surface area contributed by atoms with Gasteiger partial charge in [0.2, 0.25) is 0 Å². The van der Waals surface area contributed by atoms with Crippen LogP contribution in [0.2, 0.25) is 0 Å². The first-order valence-electron chi connectivity index (χ1n) is 6.61. The molecule has 112 valence electrons. The minimum absolute atomic E-state index is 0.0833. The molecule has 1 N–H and O–H groups in total. The van der Waals surface area contributed by atoms with Crippen LogP contribution in [0, 0.1) is 24.0 Å². The second-order valence-corrected chi connectivity index (χ2v) is 5.86. The maximum Gasteiger partial charge on any atom is 0.270 e. The zero-order chi connectivity index (χ0) is 15.6. The van der Waals surface area contributed by atoms with Gasteiger partial charge >= 0.3 is 0 Å².